The Morgan fingerprint density at radius 1 is 1.03 bits per heavy atom. The average molecular weight is 410 g/mol. The van der Waals surface area contributed by atoms with Gasteiger partial charge in [0.15, 0.2) is 0 Å². The van der Waals surface area contributed by atoms with Crippen molar-refractivity contribution in [2.45, 2.75) is 6.42 Å². The second-order valence-corrected chi connectivity index (χ2v) is 7.25. The molecule has 6 nitrogen and oxygen atoms in total. The molecule has 0 unspecified atom stereocenters. The highest BCUT2D eigenvalue weighted by Gasteiger charge is 2.18. The van der Waals surface area contributed by atoms with Gasteiger partial charge in [-0.2, -0.15) is 0 Å². The van der Waals surface area contributed by atoms with Crippen LogP contribution < -0.4 is 16.0 Å². The van der Waals surface area contributed by atoms with Crippen LogP contribution in [-0.2, 0) is 0 Å². The van der Waals surface area contributed by atoms with Gasteiger partial charge in [-0.05, 0) is 42.3 Å². The molecular formula is C24H35N5O. The Morgan fingerprint density at radius 3 is 2.73 bits per heavy atom. The molecule has 2 aromatic heterocycles. The number of aromatic nitrogens is 2. The van der Waals surface area contributed by atoms with Gasteiger partial charge in [-0.15, -0.1) is 0 Å². The smallest absolute Gasteiger partial charge is 0.215 e. The van der Waals surface area contributed by atoms with Crippen LogP contribution in [0.15, 0.2) is 60.8 Å². The average Bonchev–Trinajstić information content (AvgIpc) is 3.08. The molecule has 1 aliphatic rings. The van der Waals surface area contributed by atoms with Crippen molar-refractivity contribution in [3.63, 3.8) is 0 Å². The largest absolute Gasteiger partial charge is 0.383 e. The van der Waals surface area contributed by atoms with E-state index in [0.717, 1.165) is 49.5 Å². The molecule has 1 aromatic carbocycles. The minimum atomic E-state index is -0.218. The monoisotopic (exact) mass is 409 g/mol. The molecule has 0 spiro atoms. The summed E-state index contributed by atoms with van der Waals surface area (Å²) in [7, 11) is 0. The van der Waals surface area contributed by atoms with E-state index in [9.17, 15) is 4.79 Å². The summed E-state index contributed by atoms with van der Waals surface area (Å²) in [6.07, 6.45) is 6.62. The Hall–Kier alpha value is -3.51. The molecule has 1 fully saturated rings. The molecule has 0 amide bonds. The zero-order chi connectivity index (χ0) is 20.8. The molecule has 162 valence electrons. The highest BCUT2D eigenvalue weighted by Crippen LogP contribution is 2.19. The molecule has 3 heterocycles. The van der Waals surface area contributed by atoms with Crippen molar-refractivity contribution >= 4 is 29.6 Å². The minimum Gasteiger partial charge on any atom is -0.383 e. The number of ketones is 1. The van der Waals surface area contributed by atoms with Gasteiger partial charge in [0.05, 0.1) is 5.56 Å². The van der Waals surface area contributed by atoms with Crippen molar-refractivity contribution in [3.8, 4) is 0 Å². The highest BCUT2D eigenvalue weighted by molar-refractivity contribution is 6.10. The third kappa shape index (κ3) is 4.72. The van der Waals surface area contributed by atoms with Crippen LogP contribution in [-0.4, -0.2) is 41.9 Å². The number of nitrogens with two attached hydrogens (primary N) is 1. The second-order valence-electron chi connectivity index (χ2n) is 7.25. The van der Waals surface area contributed by atoms with Crippen molar-refractivity contribution < 1.29 is 11.9 Å². The predicted molar refractivity (Wildman–Crippen MR) is 132 cm³/mol. The van der Waals surface area contributed by atoms with E-state index in [4.69, 9.17) is 5.73 Å². The van der Waals surface area contributed by atoms with Crippen molar-refractivity contribution in [3.05, 3.63) is 83.2 Å². The van der Waals surface area contributed by atoms with E-state index < -0.39 is 0 Å². The lowest BCUT2D eigenvalue weighted by Crippen LogP contribution is -2.29. The third-order valence-corrected chi connectivity index (χ3v) is 5.08. The van der Waals surface area contributed by atoms with Gasteiger partial charge in [-0.3, -0.25) is 4.79 Å². The van der Waals surface area contributed by atoms with E-state index in [1.54, 1.807) is 18.3 Å². The fourth-order valence-electron chi connectivity index (χ4n) is 3.46. The molecule has 3 aromatic rings. The number of rotatable bonds is 5. The molecule has 0 bridgehead atoms. The van der Waals surface area contributed by atoms with Gasteiger partial charge in [0.25, 0.3) is 0 Å². The number of anilines is 2. The molecule has 0 radical (unpaired) electrons. The predicted octanol–water partition coefficient (Wildman–Crippen LogP) is 4.49. The normalized spacial score (nSPS) is 14.6. The molecule has 4 rings (SSSR count). The summed E-state index contributed by atoms with van der Waals surface area (Å²) in [6, 6.07) is 17.3. The zero-order valence-corrected chi connectivity index (χ0v) is 16.8. The number of benzene rings is 1. The Kier molecular flexibility index (Phi) is 6.15. The van der Waals surface area contributed by atoms with Crippen molar-refractivity contribution in [2.24, 2.45) is 0 Å². The Morgan fingerprint density at radius 2 is 1.87 bits per heavy atom. The van der Waals surface area contributed by atoms with Gasteiger partial charge in [0.1, 0.15) is 17.3 Å². The van der Waals surface area contributed by atoms with Crippen LogP contribution in [0.3, 0.4) is 0 Å². The standard InChI is InChI=1S/C24H25N5O.5H2/c25-24-20(16-19(17-27-24)11-10-18-6-2-1-3-7-18)23(30)21-8-4-9-22(28-21)29-14-5-12-26-13-15-29;;;;;/h1-4,6-11,16-17,26H,5,12-15H2,(H2,25,27);5*1H/b11-10+;;;;;. The number of hydrogen-bond donors (Lipinski definition) is 2. The van der Waals surface area contributed by atoms with E-state index in [1.165, 1.54) is 0 Å². The molecule has 0 atom stereocenters. The Bertz CT molecular complexity index is 1060. The maximum Gasteiger partial charge on any atom is 0.215 e. The lowest BCUT2D eigenvalue weighted by Gasteiger charge is -2.21. The van der Waals surface area contributed by atoms with E-state index in [2.05, 4.69) is 20.2 Å². The Labute approximate surface area is 183 Å². The van der Waals surface area contributed by atoms with E-state index in [-0.39, 0.29) is 18.7 Å². The van der Waals surface area contributed by atoms with Crippen LogP contribution in [0.2, 0.25) is 0 Å². The summed E-state index contributed by atoms with van der Waals surface area (Å²) in [6.45, 7) is 3.70. The number of nitrogen functional groups attached to an aromatic ring is 1. The van der Waals surface area contributed by atoms with Crippen LogP contribution in [0.5, 0.6) is 0 Å². The summed E-state index contributed by atoms with van der Waals surface area (Å²) in [5.41, 5.74) is 8.66. The van der Waals surface area contributed by atoms with Gasteiger partial charge in [-0.25, -0.2) is 9.97 Å². The van der Waals surface area contributed by atoms with Gasteiger partial charge in [0, 0.05) is 33.0 Å². The highest BCUT2D eigenvalue weighted by atomic mass is 16.1. The molecule has 3 N–H and O–H groups in total. The number of nitrogens with one attached hydrogen (secondary N) is 1. The van der Waals surface area contributed by atoms with Gasteiger partial charge in [-0.1, -0.05) is 48.6 Å². The maximum absolute atomic E-state index is 13.2. The zero-order valence-electron chi connectivity index (χ0n) is 16.8. The first-order valence-electron chi connectivity index (χ1n) is 10.2. The van der Waals surface area contributed by atoms with Crippen molar-refractivity contribution in [1.29, 1.82) is 0 Å². The summed E-state index contributed by atoms with van der Waals surface area (Å²) < 4.78 is 0. The summed E-state index contributed by atoms with van der Waals surface area (Å²) >= 11 is 0. The van der Waals surface area contributed by atoms with Crippen molar-refractivity contribution in [1.82, 2.24) is 15.3 Å². The molecule has 6 heteroatoms. The molecule has 0 saturated carbocycles. The van der Waals surface area contributed by atoms with Crippen LogP contribution in [0.1, 0.15) is 40.7 Å². The number of carbonyl (C=O) groups excluding carboxylic acids is 1. The molecule has 30 heavy (non-hydrogen) atoms. The quantitative estimate of drug-likeness (QED) is 0.604. The van der Waals surface area contributed by atoms with Gasteiger partial charge in [0.2, 0.25) is 5.78 Å². The number of pyridine rings is 2. The first kappa shape index (κ1) is 19.8. The first-order chi connectivity index (χ1) is 14.7. The van der Waals surface area contributed by atoms with E-state index >= 15 is 0 Å². The van der Waals surface area contributed by atoms with Crippen LogP contribution in [0, 0.1) is 0 Å². The maximum atomic E-state index is 13.2. The number of hydrogen-bond acceptors (Lipinski definition) is 6. The van der Waals surface area contributed by atoms with E-state index in [1.807, 2.05) is 54.6 Å². The fourth-order valence-corrected chi connectivity index (χ4v) is 3.46. The van der Waals surface area contributed by atoms with Crippen LogP contribution in [0.4, 0.5) is 11.6 Å². The molecular weight excluding hydrogens is 374 g/mol. The minimum absolute atomic E-state index is 0. The number of nitrogens with zero attached hydrogens (tertiary/aromatic N) is 3. The van der Waals surface area contributed by atoms with Crippen LogP contribution >= 0.6 is 0 Å². The first-order valence-corrected chi connectivity index (χ1v) is 10.2. The summed E-state index contributed by atoms with van der Waals surface area (Å²) in [5.74, 6) is 0.809. The lowest BCUT2D eigenvalue weighted by atomic mass is 10.1. The molecule has 1 aliphatic heterocycles. The van der Waals surface area contributed by atoms with Gasteiger partial charge < -0.3 is 16.0 Å². The molecule has 1 saturated heterocycles. The fraction of sp³-hybridized carbons (Fsp3) is 0.208. The van der Waals surface area contributed by atoms with Gasteiger partial charge >= 0.3 is 0 Å². The summed E-state index contributed by atoms with van der Waals surface area (Å²) in [5, 5.41) is 3.38. The SMILES string of the molecule is Nc1ncc(/C=C/c2ccccc2)cc1C(=O)c1cccc(N2CCCNCC2)n1.[HH].[HH].[HH].[HH].[HH]. The summed E-state index contributed by atoms with van der Waals surface area (Å²) in [4.78, 5) is 24.2. The lowest BCUT2D eigenvalue weighted by molar-refractivity contribution is 0.103. The van der Waals surface area contributed by atoms with E-state index in [0.29, 0.717) is 11.3 Å². The topological polar surface area (TPSA) is 84.1 Å². The second kappa shape index (κ2) is 9.33. The third-order valence-electron chi connectivity index (χ3n) is 5.08. The Balaban J connectivity index is 0. The van der Waals surface area contributed by atoms with Crippen LogP contribution in [0.25, 0.3) is 12.2 Å². The van der Waals surface area contributed by atoms with Crippen molar-refractivity contribution in [2.75, 3.05) is 36.8 Å². The number of carbonyl (C=O) groups is 1. The molecule has 0 aliphatic carbocycles.